The van der Waals surface area contributed by atoms with E-state index in [4.69, 9.17) is 4.74 Å². The molecular formula is C9H16O2. The number of hydrogen-bond donors (Lipinski definition) is 1. The van der Waals surface area contributed by atoms with Crippen molar-refractivity contribution in [1.29, 1.82) is 0 Å². The lowest BCUT2D eigenvalue weighted by Crippen LogP contribution is -2.46. The van der Waals surface area contributed by atoms with Crippen molar-refractivity contribution in [2.24, 2.45) is 0 Å². The van der Waals surface area contributed by atoms with Crippen LogP contribution in [0.4, 0.5) is 0 Å². The van der Waals surface area contributed by atoms with Crippen molar-refractivity contribution >= 4 is 0 Å². The smallest absolute Gasteiger partial charge is 0.0966 e. The van der Waals surface area contributed by atoms with Crippen molar-refractivity contribution in [3.05, 3.63) is 0 Å². The summed E-state index contributed by atoms with van der Waals surface area (Å²) >= 11 is 0. The van der Waals surface area contributed by atoms with Crippen LogP contribution in [0.15, 0.2) is 0 Å². The first-order valence-electron chi connectivity index (χ1n) is 4.53. The maximum Gasteiger partial charge on any atom is 0.0966 e. The third kappa shape index (κ3) is 0.926. The van der Waals surface area contributed by atoms with E-state index in [9.17, 15) is 5.11 Å². The summed E-state index contributed by atoms with van der Waals surface area (Å²) in [5, 5.41) is 10.0. The molecule has 0 amide bonds. The highest BCUT2D eigenvalue weighted by molar-refractivity contribution is 5.05. The van der Waals surface area contributed by atoms with Gasteiger partial charge in [0.25, 0.3) is 0 Å². The summed E-state index contributed by atoms with van der Waals surface area (Å²) in [5.74, 6) is 0. The summed E-state index contributed by atoms with van der Waals surface area (Å²) in [5.41, 5.74) is -0.712. The average Bonchev–Trinajstić information content (AvgIpc) is 2.45. The number of rotatable bonds is 0. The predicted octanol–water partition coefficient (Wildman–Crippen LogP) is 1.47. The summed E-state index contributed by atoms with van der Waals surface area (Å²) in [7, 11) is 0. The van der Waals surface area contributed by atoms with Crippen molar-refractivity contribution in [3.63, 3.8) is 0 Å². The average molecular weight is 156 g/mol. The second kappa shape index (κ2) is 2.20. The molecule has 0 unspecified atom stereocenters. The first-order valence-corrected chi connectivity index (χ1v) is 4.53. The van der Waals surface area contributed by atoms with Gasteiger partial charge in [0.15, 0.2) is 0 Å². The molecule has 2 rings (SSSR count). The molecule has 2 nitrogen and oxygen atoms in total. The molecule has 1 heterocycles. The van der Waals surface area contributed by atoms with Gasteiger partial charge in [0, 0.05) is 6.61 Å². The Hall–Kier alpha value is -0.0800. The molecule has 11 heavy (non-hydrogen) atoms. The maximum absolute atomic E-state index is 10.0. The van der Waals surface area contributed by atoms with Crippen LogP contribution < -0.4 is 0 Å². The topological polar surface area (TPSA) is 29.5 Å². The highest BCUT2D eigenvalue weighted by Crippen LogP contribution is 2.47. The molecule has 2 fully saturated rings. The van der Waals surface area contributed by atoms with E-state index in [0.29, 0.717) is 0 Å². The van der Waals surface area contributed by atoms with E-state index in [2.05, 4.69) is 0 Å². The minimum atomic E-state index is -0.552. The number of aliphatic hydroxyl groups is 1. The molecule has 0 bridgehead atoms. The van der Waals surface area contributed by atoms with Crippen LogP contribution in [0.3, 0.4) is 0 Å². The molecule has 2 atom stereocenters. The van der Waals surface area contributed by atoms with E-state index in [1.54, 1.807) is 0 Å². The summed E-state index contributed by atoms with van der Waals surface area (Å²) < 4.78 is 5.67. The molecule has 1 aliphatic carbocycles. The van der Waals surface area contributed by atoms with E-state index in [0.717, 1.165) is 38.7 Å². The minimum absolute atomic E-state index is 0.160. The molecular weight excluding hydrogens is 140 g/mol. The third-order valence-corrected chi connectivity index (χ3v) is 3.33. The summed E-state index contributed by atoms with van der Waals surface area (Å²) in [6.07, 6.45) is 5.26. The van der Waals surface area contributed by atoms with E-state index < -0.39 is 5.60 Å². The third-order valence-electron chi connectivity index (χ3n) is 3.33. The van der Waals surface area contributed by atoms with Gasteiger partial charge in [-0.3, -0.25) is 0 Å². The molecule has 2 heteroatoms. The van der Waals surface area contributed by atoms with Gasteiger partial charge in [-0.25, -0.2) is 0 Å². The molecule has 0 radical (unpaired) electrons. The minimum Gasteiger partial charge on any atom is -0.387 e. The van der Waals surface area contributed by atoms with Gasteiger partial charge >= 0.3 is 0 Å². The fourth-order valence-corrected chi connectivity index (χ4v) is 2.53. The summed E-state index contributed by atoms with van der Waals surface area (Å²) in [6, 6.07) is 0. The van der Waals surface area contributed by atoms with Gasteiger partial charge in [-0.05, 0) is 39.0 Å². The van der Waals surface area contributed by atoms with Crippen LogP contribution >= 0.6 is 0 Å². The second-order valence-electron chi connectivity index (χ2n) is 4.07. The van der Waals surface area contributed by atoms with Gasteiger partial charge < -0.3 is 9.84 Å². The van der Waals surface area contributed by atoms with Gasteiger partial charge in [0.05, 0.1) is 11.2 Å². The zero-order chi connectivity index (χ0) is 7.95. The van der Waals surface area contributed by atoms with Gasteiger partial charge in [-0.1, -0.05) is 0 Å². The molecule has 0 aromatic heterocycles. The van der Waals surface area contributed by atoms with Crippen molar-refractivity contribution in [3.8, 4) is 0 Å². The molecule has 2 aliphatic rings. The maximum atomic E-state index is 10.0. The van der Waals surface area contributed by atoms with Crippen LogP contribution in [0.1, 0.15) is 39.0 Å². The van der Waals surface area contributed by atoms with Crippen molar-refractivity contribution in [1.82, 2.24) is 0 Å². The Morgan fingerprint density at radius 3 is 2.36 bits per heavy atom. The Bertz CT molecular complexity index is 151. The van der Waals surface area contributed by atoms with Gasteiger partial charge in [-0.15, -0.1) is 0 Å². The van der Waals surface area contributed by atoms with E-state index in [-0.39, 0.29) is 5.60 Å². The zero-order valence-corrected chi connectivity index (χ0v) is 7.10. The normalized spacial score (nSPS) is 50.7. The molecule has 1 spiro atoms. The van der Waals surface area contributed by atoms with Crippen LogP contribution in [0, 0.1) is 0 Å². The molecule has 64 valence electrons. The quantitative estimate of drug-likeness (QED) is 0.575. The lowest BCUT2D eigenvalue weighted by Gasteiger charge is -2.35. The zero-order valence-electron chi connectivity index (χ0n) is 7.10. The Morgan fingerprint density at radius 1 is 1.18 bits per heavy atom. The molecule has 0 aromatic rings. The van der Waals surface area contributed by atoms with Crippen molar-refractivity contribution in [2.45, 2.75) is 50.2 Å². The fourth-order valence-electron chi connectivity index (χ4n) is 2.53. The summed E-state index contributed by atoms with van der Waals surface area (Å²) in [6.45, 7) is 2.77. The van der Waals surface area contributed by atoms with E-state index in [1.807, 2.05) is 6.92 Å². The molecule has 0 aromatic carbocycles. The van der Waals surface area contributed by atoms with Crippen molar-refractivity contribution in [2.75, 3.05) is 6.61 Å². The molecule has 1 aliphatic heterocycles. The first kappa shape index (κ1) is 7.56. The number of hydrogen-bond acceptors (Lipinski definition) is 2. The lowest BCUT2D eigenvalue weighted by molar-refractivity contribution is -0.129. The Morgan fingerprint density at radius 2 is 1.91 bits per heavy atom. The van der Waals surface area contributed by atoms with Gasteiger partial charge in [0.2, 0.25) is 0 Å². The van der Waals surface area contributed by atoms with Gasteiger partial charge in [0.1, 0.15) is 0 Å². The molecule has 1 saturated carbocycles. The molecule has 1 N–H and O–H groups in total. The van der Waals surface area contributed by atoms with Crippen LogP contribution in [-0.4, -0.2) is 22.9 Å². The van der Waals surface area contributed by atoms with E-state index >= 15 is 0 Å². The van der Waals surface area contributed by atoms with Crippen LogP contribution in [0.5, 0.6) is 0 Å². The lowest BCUT2D eigenvalue weighted by atomic mass is 9.85. The van der Waals surface area contributed by atoms with Gasteiger partial charge in [-0.2, -0.15) is 0 Å². The standard InChI is InChI=1S/C9H16O2/c1-8(10)4-2-5-9(8)6-3-7-11-9/h10H,2-7H2,1H3/t8-,9-/m0/s1. The monoisotopic (exact) mass is 156 g/mol. The largest absolute Gasteiger partial charge is 0.387 e. The van der Waals surface area contributed by atoms with Crippen LogP contribution in [0.25, 0.3) is 0 Å². The first-order chi connectivity index (χ1) is 5.16. The highest BCUT2D eigenvalue weighted by Gasteiger charge is 2.53. The second-order valence-corrected chi connectivity index (χ2v) is 4.07. The Labute approximate surface area is 67.6 Å². The Balaban J connectivity index is 2.22. The van der Waals surface area contributed by atoms with Crippen molar-refractivity contribution < 1.29 is 9.84 Å². The summed E-state index contributed by atoms with van der Waals surface area (Å²) in [4.78, 5) is 0. The molecule has 1 saturated heterocycles. The van der Waals surface area contributed by atoms with Crippen LogP contribution in [0.2, 0.25) is 0 Å². The number of ether oxygens (including phenoxy) is 1. The van der Waals surface area contributed by atoms with Crippen LogP contribution in [-0.2, 0) is 4.74 Å². The Kier molecular flexibility index (Phi) is 1.52. The van der Waals surface area contributed by atoms with E-state index in [1.165, 1.54) is 0 Å². The SMILES string of the molecule is C[C@]1(O)CCC[C@]12CCCO2. The fraction of sp³-hybridized carbons (Fsp3) is 1.00. The highest BCUT2D eigenvalue weighted by atomic mass is 16.5. The predicted molar refractivity (Wildman–Crippen MR) is 42.4 cm³/mol.